The molecular weight excluding hydrogens is 454 g/mol. The minimum atomic E-state index is -0.364. The maximum Gasteiger partial charge on any atom is 0.348 e. The van der Waals surface area contributed by atoms with Crippen molar-refractivity contribution >= 4 is 50.7 Å². The quantitative estimate of drug-likeness (QED) is 0.228. The second-order valence-corrected chi connectivity index (χ2v) is 9.30. The standard InChI is InChI=1S/C26H23NO4S2/c1-3-31-22-11-9-17(13-19(22)16-32-21-7-5-4-6-8-21)25(28)27-20-10-12-23-18(14-20)15-24(33-23)26(29)30-2/h4-15H,3,16H2,1-2H3,(H,27,28). The lowest BCUT2D eigenvalue weighted by molar-refractivity contribution is 0.0606. The summed E-state index contributed by atoms with van der Waals surface area (Å²) in [4.78, 5) is 26.5. The van der Waals surface area contributed by atoms with Gasteiger partial charge in [0.1, 0.15) is 10.6 Å². The van der Waals surface area contributed by atoms with Crippen LogP contribution >= 0.6 is 23.1 Å². The Labute approximate surface area is 200 Å². The van der Waals surface area contributed by atoms with Gasteiger partial charge in [0.05, 0.1) is 13.7 Å². The minimum Gasteiger partial charge on any atom is -0.494 e. The van der Waals surface area contributed by atoms with Crippen molar-refractivity contribution in [2.45, 2.75) is 17.6 Å². The van der Waals surface area contributed by atoms with E-state index in [0.29, 0.717) is 28.5 Å². The van der Waals surface area contributed by atoms with E-state index in [2.05, 4.69) is 17.4 Å². The molecular formula is C26H23NO4S2. The van der Waals surface area contributed by atoms with E-state index in [1.807, 2.05) is 55.5 Å². The number of carbonyl (C=O) groups is 2. The van der Waals surface area contributed by atoms with Gasteiger partial charge >= 0.3 is 5.97 Å². The lowest BCUT2D eigenvalue weighted by Gasteiger charge is -2.12. The molecule has 0 atom stereocenters. The molecule has 1 aromatic heterocycles. The van der Waals surface area contributed by atoms with E-state index in [4.69, 9.17) is 9.47 Å². The van der Waals surface area contributed by atoms with Crippen molar-refractivity contribution in [2.24, 2.45) is 0 Å². The first-order valence-electron chi connectivity index (χ1n) is 10.4. The number of ether oxygens (including phenoxy) is 2. The van der Waals surface area contributed by atoms with Gasteiger partial charge in [-0.25, -0.2) is 4.79 Å². The molecule has 33 heavy (non-hydrogen) atoms. The van der Waals surface area contributed by atoms with Gasteiger partial charge in [-0.2, -0.15) is 0 Å². The molecule has 0 aliphatic carbocycles. The molecule has 0 aliphatic rings. The number of methoxy groups -OCH3 is 1. The number of amides is 1. The molecule has 0 bridgehead atoms. The molecule has 168 valence electrons. The van der Waals surface area contributed by atoms with Crippen LogP contribution in [0.1, 0.15) is 32.5 Å². The van der Waals surface area contributed by atoms with Crippen LogP contribution in [-0.4, -0.2) is 25.6 Å². The molecule has 1 N–H and O–H groups in total. The number of fused-ring (bicyclic) bond motifs is 1. The molecule has 1 amide bonds. The van der Waals surface area contributed by atoms with Gasteiger partial charge in [0.25, 0.3) is 5.91 Å². The third-order valence-corrected chi connectivity index (χ3v) is 7.08. The number of esters is 1. The highest BCUT2D eigenvalue weighted by Gasteiger charge is 2.14. The van der Waals surface area contributed by atoms with E-state index >= 15 is 0 Å². The van der Waals surface area contributed by atoms with E-state index in [9.17, 15) is 9.59 Å². The molecule has 3 aromatic carbocycles. The van der Waals surface area contributed by atoms with Crippen LogP contribution in [0.2, 0.25) is 0 Å². The second-order valence-electron chi connectivity index (χ2n) is 7.17. The first kappa shape index (κ1) is 22.9. The molecule has 4 rings (SSSR count). The van der Waals surface area contributed by atoms with E-state index in [1.165, 1.54) is 18.4 Å². The summed E-state index contributed by atoms with van der Waals surface area (Å²) in [5.41, 5.74) is 2.19. The summed E-state index contributed by atoms with van der Waals surface area (Å²) < 4.78 is 11.5. The molecule has 7 heteroatoms. The maximum absolute atomic E-state index is 13.0. The molecule has 0 spiro atoms. The Balaban J connectivity index is 1.52. The molecule has 0 saturated heterocycles. The number of rotatable bonds is 8. The Morgan fingerprint density at radius 2 is 1.82 bits per heavy atom. The summed E-state index contributed by atoms with van der Waals surface area (Å²) in [7, 11) is 1.36. The van der Waals surface area contributed by atoms with E-state index < -0.39 is 0 Å². The summed E-state index contributed by atoms with van der Waals surface area (Å²) in [5, 5.41) is 3.84. The maximum atomic E-state index is 13.0. The van der Waals surface area contributed by atoms with Crippen LogP contribution in [0.4, 0.5) is 5.69 Å². The van der Waals surface area contributed by atoms with Crippen LogP contribution in [0.25, 0.3) is 10.1 Å². The van der Waals surface area contributed by atoms with Crippen molar-refractivity contribution in [3.05, 3.63) is 88.8 Å². The Bertz CT molecular complexity index is 1280. The monoisotopic (exact) mass is 477 g/mol. The molecule has 0 fully saturated rings. The average molecular weight is 478 g/mol. The molecule has 1 heterocycles. The minimum absolute atomic E-state index is 0.202. The van der Waals surface area contributed by atoms with Crippen LogP contribution in [0, 0.1) is 0 Å². The Morgan fingerprint density at radius 3 is 2.58 bits per heavy atom. The predicted molar refractivity (Wildman–Crippen MR) is 135 cm³/mol. The van der Waals surface area contributed by atoms with Gasteiger partial charge in [0.2, 0.25) is 0 Å². The second kappa shape index (κ2) is 10.6. The molecule has 0 radical (unpaired) electrons. The van der Waals surface area contributed by atoms with Gasteiger partial charge in [0.15, 0.2) is 0 Å². The van der Waals surface area contributed by atoms with E-state index in [-0.39, 0.29) is 11.9 Å². The van der Waals surface area contributed by atoms with Crippen molar-refractivity contribution in [3.63, 3.8) is 0 Å². The molecule has 0 saturated carbocycles. The average Bonchev–Trinajstić information content (AvgIpc) is 3.27. The number of hydrogen-bond donors (Lipinski definition) is 1. The number of benzene rings is 3. The molecule has 0 unspecified atom stereocenters. The lowest BCUT2D eigenvalue weighted by atomic mass is 10.1. The zero-order chi connectivity index (χ0) is 23.2. The van der Waals surface area contributed by atoms with Gasteiger partial charge in [-0.1, -0.05) is 18.2 Å². The van der Waals surface area contributed by atoms with Crippen LogP contribution in [-0.2, 0) is 10.5 Å². The summed E-state index contributed by atoms with van der Waals surface area (Å²) in [6, 6.07) is 23.0. The third-order valence-electron chi connectivity index (χ3n) is 4.92. The molecule has 5 nitrogen and oxygen atoms in total. The molecule has 0 aliphatic heterocycles. The van der Waals surface area contributed by atoms with Crippen LogP contribution in [0.5, 0.6) is 5.75 Å². The highest BCUT2D eigenvalue weighted by atomic mass is 32.2. The smallest absolute Gasteiger partial charge is 0.348 e. The van der Waals surface area contributed by atoms with E-state index in [1.54, 1.807) is 23.9 Å². The first-order chi connectivity index (χ1) is 16.1. The highest BCUT2D eigenvalue weighted by molar-refractivity contribution is 7.98. The van der Waals surface area contributed by atoms with Crippen LogP contribution in [0.3, 0.4) is 0 Å². The normalized spacial score (nSPS) is 10.7. The molecule has 4 aromatic rings. The summed E-state index contributed by atoms with van der Waals surface area (Å²) in [5.74, 6) is 0.911. The van der Waals surface area contributed by atoms with Crippen molar-refractivity contribution in [3.8, 4) is 5.75 Å². The van der Waals surface area contributed by atoms with Crippen molar-refractivity contribution < 1.29 is 19.1 Å². The van der Waals surface area contributed by atoms with Gasteiger partial charge in [-0.15, -0.1) is 23.1 Å². The predicted octanol–water partition coefficient (Wildman–Crippen LogP) is 6.63. The van der Waals surface area contributed by atoms with Gasteiger partial charge < -0.3 is 14.8 Å². The topological polar surface area (TPSA) is 64.6 Å². The zero-order valence-electron chi connectivity index (χ0n) is 18.3. The Hall–Kier alpha value is -3.29. The fourth-order valence-electron chi connectivity index (χ4n) is 3.33. The summed E-state index contributed by atoms with van der Waals surface area (Å²) in [6.45, 7) is 2.50. The summed E-state index contributed by atoms with van der Waals surface area (Å²) in [6.07, 6.45) is 0. The Kier molecular flexibility index (Phi) is 7.32. The fraction of sp³-hybridized carbons (Fsp3) is 0.154. The fourth-order valence-corrected chi connectivity index (χ4v) is 5.19. The van der Waals surface area contributed by atoms with Crippen molar-refractivity contribution in [1.82, 2.24) is 0 Å². The van der Waals surface area contributed by atoms with Crippen molar-refractivity contribution in [1.29, 1.82) is 0 Å². The number of thiophene rings is 1. The Morgan fingerprint density at radius 1 is 1.00 bits per heavy atom. The van der Waals surface area contributed by atoms with E-state index in [0.717, 1.165) is 26.3 Å². The number of anilines is 1. The number of nitrogens with one attached hydrogen (secondary N) is 1. The third kappa shape index (κ3) is 5.56. The number of hydrogen-bond acceptors (Lipinski definition) is 6. The first-order valence-corrected chi connectivity index (χ1v) is 12.2. The van der Waals surface area contributed by atoms with Crippen LogP contribution < -0.4 is 10.1 Å². The number of carbonyl (C=O) groups excluding carboxylic acids is 2. The van der Waals surface area contributed by atoms with Crippen molar-refractivity contribution in [2.75, 3.05) is 19.0 Å². The zero-order valence-corrected chi connectivity index (χ0v) is 19.9. The summed E-state index contributed by atoms with van der Waals surface area (Å²) >= 11 is 3.06. The van der Waals surface area contributed by atoms with Crippen LogP contribution in [0.15, 0.2) is 77.7 Å². The van der Waals surface area contributed by atoms with Gasteiger partial charge in [-0.3, -0.25) is 4.79 Å². The SMILES string of the molecule is CCOc1ccc(C(=O)Nc2ccc3sc(C(=O)OC)cc3c2)cc1CSc1ccccc1. The van der Waals surface area contributed by atoms with Gasteiger partial charge in [-0.05, 0) is 66.9 Å². The lowest BCUT2D eigenvalue weighted by Crippen LogP contribution is -2.12. The highest BCUT2D eigenvalue weighted by Crippen LogP contribution is 2.31. The number of thioether (sulfide) groups is 1. The largest absolute Gasteiger partial charge is 0.494 e. The van der Waals surface area contributed by atoms with Gasteiger partial charge in [0, 0.05) is 32.2 Å².